The van der Waals surface area contributed by atoms with E-state index in [2.05, 4.69) is 10.9 Å². The molecule has 0 fully saturated rings. The Balaban J connectivity index is 1.85. The van der Waals surface area contributed by atoms with E-state index in [-0.39, 0.29) is 0 Å². The number of hydrogen-bond acceptors (Lipinski definition) is 3. The Bertz CT molecular complexity index is 674. The van der Waals surface area contributed by atoms with Gasteiger partial charge in [0.05, 0.1) is 0 Å². The normalized spacial score (nSPS) is 10.6. The molecule has 1 aromatic carbocycles. The van der Waals surface area contributed by atoms with E-state index in [9.17, 15) is 9.59 Å². The predicted octanol–water partition coefficient (Wildman–Crippen LogP) is 2.72. The third-order valence-corrected chi connectivity index (χ3v) is 2.82. The van der Waals surface area contributed by atoms with Gasteiger partial charge in [-0.25, -0.2) is 0 Å². The van der Waals surface area contributed by atoms with E-state index in [4.69, 9.17) is 16.0 Å². The summed E-state index contributed by atoms with van der Waals surface area (Å²) in [4.78, 5) is 23.3. The second kappa shape index (κ2) is 6.76. The van der Waals surface area contributed by atoms with Crippen molar-refractivity contribution in [3.63, 3.8) is 0 Å². The summed E-state index contributed by atoms with van der Waals surface area (Å²) in [7, 11) is 0. The number of halogens is 1. The van der Waals surface area contributed by atoms with Crippen LogP contribution in [0.2, 0.25) is 5.02 Å². The summed E-state index contributed by atoms with van der Waals surface area (Å²) in [5.41, 5.74) is 4.96. The molecule has 0 spiro atoms. The molecule has 0 aliphatic heterocycles. The van der Waals surface area contributed by atoms with Gasteiger partial charge in [-0.2, -0.15) is 0 Å². The number of carbonyl (C=O) groups excluding carboxylic acids is 2. The molecular weight excluding hydrogens is 292 g/mol. The second-order valence-electron chi connectivity index (χ2n) is 4.23. The summed E-state index contributed by atoms with van der Waals surface area (Å²) >= 11 is 5.73. The molecular formula is C15H13ClN2O3. The lowest BCUT2D eigenvalue weighted by molar-refractivity contribution is -0.117. The number of carbonyl (C=O) groups is 2. The number of aryl methyl sites for hydroxylation is 1. The van der Waals surface area contributed by atoms with Gasteiger partial charge < -0.3 is 4.42 Å². The molecule has 1 aromatic heterocycles. The highest BCUT2D eigenvalue weighted by molar-refractivity contribution is 6.30. The lowest BCUT2D eigenvalue weighted by atomic mass is 10.2. The summed E-state index contributed by atoms with van der Waals surface area (Å²) < 4.78 is 5.27. The number of hydrogen-bond donors (Lipinski definition) is 2. The van der Waals surface area contributed by atoms with Gasteiger partial charge in [0.25, 0.3) is 11.8 Å². The average molecular weight is 305 g/mol. The van der Waals surface area contributed by atoms with Gasteiger partial charge in [-0.1, -0.05) is 11.6 Å². The molecule has 0 aliphatic carbocycles. The van der Waals surface area contributed by atoms with Gasteiger partial charge in [0.15, 0.2) is 0 Å². The number of furan rings is 1. The molecule has 0 unspecified atom stereocenters. The zero-order chi connectivity index (χ0) is 15.2. The maximum absolute atomic E-state index is 11.7. The Labute approximate surface area is 126 Å². The standard InChI is InChI=1S/C15H13ClN2O3/c1-10-2-7-13(21-10)8-9-14(19)17-18-15(20)11-3-5-12(16)6-4-11/h2-9H,1H3,(H,17,19)(H,18,20). The first-order chi connectivity index (χ1) is 10.0. The van der Waals surface area contributed by atoms with E-state index in [1.165, 1.54) is 12.2 Å². The van der Waals surface area contributed by atoms with Gasteiger partial charge in [-0.3, -0.25) is 20.4 Å². The van der Waals surface area contributed by atoms with Crippen molar-refractivity contribution in [2.75, 3.05) is 0 Å². The van der Waals surface area contributed by atoms with Gasteiger partial charge >= 0.3 is 0 Å². The molecule has 0 atom stereocenters. The lowest BCUT2D eigenvalue weighted by Crippen LogP contribution is -2.40. The van der Waals surface area contributed by atoms with Gasteiger partial charge in [0.1, 0.15) is 11.5 Å². The minimum absolute atomic E-state index is 0.394. The highest BCUT2D eigenvalue weighted by atomic mass is 35.5. The van der Waals surface area contributed by atoms with Gasteiger partial charge in [-0.05, 0) is 49.4 Å². The molecule has 2 N–H and O–H groups in total. The van der Waals surface area contributed by atoms with Crippen LogP contribution in [0.1, 0.15) is 21.9 Å². The Kier molecular flexibility index (Phi) is 4.79. The van der Waals surface area contributed by atoms with E-state index in [1.807, 2.05) is 6.92 Å². The Morgan fingerprint density at radius 2 is 1.81 bits per heavy atom. The maximum atomic E-state index is 11.7. The van der Waals surface area contributed by atoms with Crippen molar-refractivity contribution in [3.8, 4) is 0 Å². The number of rotatable bonds is 3. The second-order valence-corrected chi connectivity index (χ2v) is 4.67. The van der Waals surface area contributed by atoms with Crippen LogP contribution in [0.25, 0.3) is 6.08 Å². The molecule has 5 nitrogen and oxygen atoms in total. The van der Waals surface area contributed by atoms with Crippen molar-refractivity contribution in [2.45, 2.75) is 6.92 Å². The lowest BCUT2D eigenvalue weighted by Gasteiger charge is -2.05. The maximum Gasteiger partial charge on any atom is 0.269 e. The highest BCUT2D eigenvalue weighted by Gasteiger charge is 2.05. The number of hydrazine groups is 1. The van der Waals surface area contributed by atoms with Crippen LogP contribution in [0.5, 0.6) is 0 Å². The first kappa shape index (κ1) is 14.9. The average Bonchev–Trinajstić information content (AvgIpc) is 2.89. The molecule has 2 rings (SSSR count). The molecule has 0 radical (unpaired) electrons. The minimum atomic E-state index is -0.466. The first-order valence-corrected chi connectivity index (χ1v) is 6.53. The fourth-order valence-corrected chi connectivity index (χ4v) is 1.66. The van der Waals surface area contributed by atoms with E-state index >= 15 is 0 Å². The van der Waals surface area contributed by atoms with Crippen LogP contribution in [0.4, 0.5) is 0 Å². The smallest absolute Gasteiger partial charge is 0.269 e. The summed E-state index contributed by atoms with van der Waals surface area (Å²) in [5, 5.41) is 0.535. The SMILES string of the molecule is Cc1ccc(C=CC(=O)NNC(=O)c2ccc(Cl)cc2)o1. The molecule has 21 heavy (non-hydrogen) atoms. The van der Waals surface area contributed by atoms with Crippen LogP contribution in [0.15, 0.2) is 46.9 Å². The molecule has 6 heteroatoms. The Morgan fingerprint density at radius 1 is 1.10 bits per heavy atom. The first-order valence-electron chi connectivity index (χ1n) is 6.15. The zero-order valence-electron chi connectivity index (χ0n) is 11.2. The fraction of sp³-hybridized carbons (Fsp3) is 0.0667. The van der Waals surface area contributed by atoms with Crippen molar-refractivity contribution >= 4 is 29.5 Å². The summed E-state index contributed by atoms with van der Waals surface area (Å²) in [6.45, 7) is 1.81. The third-order valence-electron chi connectivity index (χ3n) is 2.57. The minimum Gasteiger partial charge on any atom is -0.462 e. The number of amides is 2. The number of nitrogens with one attached hydrogen (secondary N) is 2. The Morgan fingerprint density at radius 3 is 2.43 bits per heavy atom. The third kappa shape index (κ3) is 4.50. The van der Waals surface area contributed by atoms with Crippen LogP contribution < -0.4 is 10.9 Å². The largest absolute Gasteiger partial charge is 0.462 e. The van der Waals surface area contributed by atoms with Gasteiger partial charge in [0, 0.05) is 16.7 Å². The summed E-state index contributed by atoms with van der Waals surface area (Å²) in [6.07, 6.45) is 2.77. The molecule has 2 amide bonds. The van der Waals surface area contributed by atoms with Crippen LogP contribution in [0, 0.1) is 6.92 Å². The monoisotopic (exact) mass is 304 g/mol. The van der Waals surface area contributed by atoms with Crippen LogP contribution in [0.3, 0.4) is 0 Å². The van der Waals surface area contributed by atoms with Crippen molar-refractivity contribution in [2.24, 2.45) is 0 Å². The molecule has 108 valence electrons. The van der Waals surface area contributed by atoms with Crippen molar-refractivity contribution < 1.29 is 14.0 Å². The molecule has 1 heterocycles. The van der Waals surface area contributed by atoms with E-state index in [0.717, 1.165) is 5.76 Å². The highest BCUT2D eigenvalue weighted by Crippen LogP contribution is 2.09. The van der Waals surface area contributed by atoms with E-state index in [1.54, 1.807) is 36.4 Å². The van der Waals surface area contributed by atoms with Crippen LogP contribution in [-0.2, 0) is 4.79 Å². The molecule has 0 saturated heterocycles. The molecule has 2 aromatic rings. The van der Waals surface area contributed by atoms with E-state index in [0.29, 0.717) is 16.3 Å². The predicted molar refractivity (Wildman–Crippen MR) is 79.5 cm³/mol. The summed E-state index contributed by atoms with van der Waals surface area (Å²) in [5.74, 6) is 0.423. The van der Waals surface area contributed by atoms with Crippen molar-refractivity contribution in [3.05, 3.63) is 64.6 Å². The molecule has 0 bridgehead atoms. The van der Waals surface area contributed by atoms with Gasteiger partial charge in [0.2, 0.25) is 0 Å². The number of benzene rings is 1. The summed E-state index contributed by atoms with van der Waals surface area (Å²) in [6, 6.07) is 9.84. The molecule has 0 aliphatic rings. The van der Waals surface area contributed by atoms with Crippen LogP contribution in [-0.4, -0.2) is 11.8 Å². The van der Waals surface area contributed by atoms with Crippen molar-refractivity contribution in [1.29, 1.82) is 0 Å². The van der Waals surface area contributed by atoms with E-state index < -0.39 is 11.8 Å². The molecule has 0 saturated carbocycles. The quantitative estimate of drug-likeness (QED) is 0.676. The van der Waals surface area contributed by atoms with Crippen molar-refractivity contribution in [1.82, 2.24) is 10.9 Å². The Hall–Kier alpha value is -2.53. The topological polar surface area (TPSA) is 71.3 Å². The van der Waals surface area contributed by atoms with Crippen LogP contribution >= 0.6 is 11.6 Å². The fourth-order valence-electron chi connectivity index (χ4n) is 1.53. The zero-order valence-corrected chi connectivity index (χ0v) is 12.0. The van der Waals surface area contributed by atoms with Gasteiger partial charge in [-0.15, -0.1) is 0 Å².